The first kappa shape index (κ1) is 10.7. The first-order valence-corrected chi connectivity index (χ1v) is 6.25. The molecule has 0 unspecified atom stereocenters. The first-order chi connectivity index (χ1) is 7.54. The van der Waals surface area contributed by atoms with Gasteiger partial charge in [0, 0.05) is 16.5 Å². The minimum atomic E-state index is -3.41. The fourth-order valence-electron chi connectivity index (χ4n) is 1.61. The second-order valence-electron chi connectivity index (χ2n) is 3.45. The largest absolute Gasteiger partial charge is 0.399 e. The van der Waals surface area contributed by atoms with Gasteiger partial charge in [0.2, 0.25) is 0 Å². The van der Waals surface area contributed by atoms with Crippen molar-refractivity contribution in [1.82, 2.24) is 0 Å². The highest BCUT2D eigenvalue weighted by atomic mass is 32.2. The standard InChI is InChI=1S/C12H11NO2S/c1-2-16(14,15)12-5-3-4-9-8-10(13)6-7-11(9)12/h2-8H,1,13H2. The Kier molecular flexibility index (Phi) is 2.44. The molecule has 0 fully saturated rings. The number of hydrogen-bond donors (Lipinski definition) is 1. The van der Waals surface area contributed by atoms with Gasteiger partial charge in [-0.25, -0.2) is 8.42 Å². The summed E-state index contributed by atoms with van der Waals surface area (Å²) >= 11 is 0. The molecule has 16 heavy (non-hydrogen) atoms. The van der Waals surface area contributed by atoms with Crippen LogP contribution in [0.2, 0.25) is 0 Å². The molecular weight excluding hydrogens is 222 g/mol. The molecule has 0 aliphatic rings. The van der Waals surface area contributed by atoms with Crippen molar-refractivity contribution in [3.63, 3.8) is 0 Å². The lowest BCUT2D eigenvalue weighted by Crippen LogP contribution is -1.97. The van der Waals surface area contributed by atoms with E-state index >= 15 is 0 Å². The summed E-state index contributed by atoms with van der Waals surface area (Å²) in [5.74, 6) is 0. The highest BCUT2D eigenvalue weighted by Gasteiger charge is 2.12. The predicted molar refractivity (Wildman–Crippen MR) is 65.7 cm³/mol. The Morgan fingerprint density at radius 3 is 2.62 bits per heavy atom. The van der Waals surface area contributed by atoms with Gasteiger partial charge in [0.15, 0.2) is 9.84 Å². The Morgan fingerprint density at radius 1 is 1.19 bits per heavy atom. The third kappa shape index (κ3) is 1.67. The average molecular weight is 233 g/mol. The van der Waals surface area contributed by atoms with Gasteiger partial charge in [-0.1, -0.05) is 24.8 Å². The van der Waals surface area contributed by atoms with E-state index in [0.717, 1.165) is 10.8 Å². The van der Waals surface area contributed by atoms with Crippen molar-refractivity contribution in [3.8, 4) is 0 Å². The molecule has 0 radical (unpaired) electrons. The molecule has 0 aromatic heterocycles. The van der Waals surface area contributed by atoms with Crippen molar-refractivity contribution in [2.75, 3.05) is 5.73 Å². The molecule has 3 nitrogen and oxygen atoms in total. The molecule has 0 saturated heterocycles. The van der Waals surface area contributed by atoms with E-state index in [9.17, 15) is 8.42 Å². The molecule has 0 heterocycles. The van der Waals surface area contributed by atoms with Gasteiger partial charge in [-0.05, 0) is 23.6 Å². The quantitative estimate of drug-likeness (QED) is 0.810. The number of anilines is 1. The van der Waals surface area contributed by atoms with E-state index in [2.05, 4.69) is 6.58 Å². The molecule has 2 rings (SSSR count). The van der Waals surface area contributed by atoms with Crippen molar-refractivity contribution in [1.29, 1.82) is 0 Å². The van der Waals surface area contributed by atoms with Crippen molar-refractivity contribution in [2.24, 2.45) is 0 Å². The van der Waals surface area contributed by atoms with Crippen LogP contribution in [0.4, 0.5) is 5.69 Å². The molecule has 0 bridgehead atoms. The molecule has 4 heteroatoms. The van der Waals surface area contributed by atoms with E-state index in [4.69, 9.17) is 5.73 Å². The van der Waals surface area contributed by atoms with Crippen molar-refractivity contribution >= 4 is 26.3 Å². The van der Waals surface area contributed by atoms with E-state index < -0.39 is 9.84 Å². The summed E-state index contributed by atoms with van der Waals surface area (Å²) in [5.41, 5.74) is 6.26. The molecule has 0 saturated carbocycles. The average Bonchev–Trinajstić information content (AvgIpc) is 2.27. The molecular formula is C12H11NO2S. The number of nitrogens with two attached hydrogens (primary N) is 1. The van der Waals surface area contributed by atoms with Crippen LogP contribution in [0.15, 0.2) is 53.3 Å². The molecule has 0 amide bonds. The number of sulfone groups is 1. The molecule has 2 N–H and O–H groups in total. The van der Waals surface area contributed by atoms with Gasteiger partial charge in [-0.3, -0.25) is 0 Å². The molecule has 0 aliphatic heterocycles. The van der Waals surface area contributed by atoms with E-state index in [-0.39, 0.29) is 4.90 Å². The first-order valence-electron chi connectivity index (χ1n) is 4.70. The van der Waals surface area contributed by atoms with Gasteiger partial charge in [0.05, 0.1) is 4.90 Å². The minimum Gasteiger partial charge on any atom is -0.399 e. The SMILES string of the molecule is C=CS(=O)(=O)c1cccc2cc(N)ccc12. The van der Waals surface area contributed by atoms with Gasteiger partial charge in [0.25, 0.3) is 0 Å². The number of benzene rings is 2. The molecule has 0 spiro atoms. The Balaban J connectivity index is 2.87. The summed E-state index contributed by atoms with van der Waals surface area (Å²) in [4.78, 5) is 0.264. The maximum absolute atomic E-state index is 11.8. The number of rotatable bonds is 2. The molecule has 0 aliphatic carbocycles. The fourth-order valence-corrected chi connectivity index (χ4v) is 2.55. The summed E-state index contributed by atoms with van der Waals surface area (Å²) in [7, 11) is -3.41. The van der Waals surface area contributed by atoms with Crippen LogP contribution in [0.5, 0.6) is 0 Å². The van der Waals surface area contributed by atoms with E-state index in [0.29, 0.717) is 11.1 Å². The van der Waals surface area contributed by atoms with Gasteiger partial charge >= 0.3 is 0 Å². The maximum atomic E-state index is 11.8. The Morgan fingerprint density at radius 2 is 1.94 bits per heavy atom. The smallest absolute Gasteiger partial charge is 0.199 e. The van der Waals surface area contributed by atoms with Crippen molar-refractivity contribution in [3.05, 3.63) is 48.4 Å². The minimum absolute atomic E-state index is 0.264. The number of nitrogen functional groups attached to an aromatic ring is 1. The normalized spacial score (nSPS) is 11.5. The van der Waals surface area contributed by atoms with Gasteiger partial charge in [0.1, 0.15) is 0 Å². The zero-order valence-corrected chi connectivity index (χ0v) is 9.37. The van der Waals surface area contributed by atoms with Crippen LogP contribution in [0.25, 0.3) is 10.8 Å². The van der Waals surface area contributed by atoms with E-state index in [1.807, 2.05) is 6.07 Å². The van der Waals surface area contributed by atoms with E-state index in [1.54, 1.807) is 30.3 Å². The van der Waals surface area contributed by atoms with E-state index in [1.165, 1.54) is 0 Å². The lowest BCUT2D eigenvalue weighted by atomic mass is 10.1. The maximum Gasteiger partial charge on any atom is 0.199 e. The van der Waals surface area contributed by atoms with Crippen LogP contribution in [0.3, 0.4) is 0 Å². The van der Waals surface area contributed by atoms with Crippen molar-refractivity contribution in [2.45, 2.75) is 4.90 Å². The van der Waals surface area contributed by atoms with Gasteiger partial charge in [-0.15, -0.1) is 0 Å². The molecule has 82 valence electrons. The predicted octanol–water partition coefficient (Wildman–Crippen LogP) is 2.34. The third-order valence-corrected chi connectivity index (χ3v) is 3.80. The molecule has 2 aromatic carbocycles. The summed E-state index contributed by atoms with van der Waals surface area (Å²) in [5, 5.41) is 2.43. The highest BCUT2D eigenvalue weighted by molar-refractivity contribution is 7.94. The monoisotopic (exact) mass is 233 g/mol. The van der Waals surface area contributed by atoms with Crippen LogP contribution in [-0.2, 0) is 9.84 Å². The summed E-state index contributed by atoms with van der Waals surface area (Å²) in [6.45, 7) is 3.32. The van der Waals surface area contributed by atoms with Crippen LogP contribution in [0, 0.1) is 0 Å². The second-order valence-corrected chi connectivity index (χ2v) is 5.31. The Labute approximate surface area is 94.1 Å². The summed E-state index contributed by atoms with van der Waals surface area (Å²) < 4.78 is 23.5. The molecule has 0 atom stereocenters. The number of hydrogen-bond acceptors (Lipinski definition) is 3. The zero-order chi connectivity index (χ0) is 11.8. The van der Waals surface area contributed by atoms with Gasteiger partial charge < -0.3 is 5.73 Å². The second kappa shape index (κ2) is 3.64. The molecule has 2 aromatic rings. The van der Waals surface area contributed by atoms with Crippen LogP contribution >= 0.6 is 0 Å². The van der Waals surface area contributed by atoms with Crippen LogP contribution < -0.4 is 5.73 Å². The lowest BCUT2D eigenvalue weighted by Gasteiger charge is -2.05. The topological polar surface area (TPSA) is 60.2 Å². The number of fused-ring (bicyclic) bond motifs is 1. The van der Waals surface area contributed by atoms with Gasteiger partial charge in [-0.2, -0.15) is 0 Å². The van der Waals surface area contributed by atoms with Crippen LogP contribution in [-0.4, -0.2) is 8.42 Å². The summed E-state index contributed by atoms with van der Waals surface area (Å²) in [6, 6.07) is 10.2. The third-order valence-electron chi connectivity index (χ3n) is 2.39. The highest BCUT2D eigenvalue weighted by Crippen LogP contribution is 2.25. The van der Waals surface area contributed by atoms with Crippen molar-refractivity contribution < 1.29 is 8.42 Å². The summed E-state index contributed by atoms with van der Waals surface area (Å²) in [6.07, 6.45) is 0. The fraction of sp³-hybridized carbons (Fsp3) is 0. The lowest BCUT2D eigenvalue weighted by molar-refractivity contribution is 0.605. The Bertz CT molecular complexity index is 660. The van der Waals surface area contributed by atoms with Crippen LogP contribution in [0.1, 0.15) is 0 Å². The Hall–Kier alpha value is -1.81. The zero-order valence-electron chi connectivity index (χ0n) is 8.55.